The highest BCUT2D eigenvalue weighted by molar-refractivity contribution is 6.07. The summed E-state index contributed by atoms with van der Waals surface area (Å²) in [6, 6.07) is 13.0. The van der Waals surface area contributed by atoms with Crippen molar-refractivity contribution in [1.29, 1.82) is 0 Å². The Morgan fingerprint density at radius 3 is 2.58 bits per heavy atom. The topological polar surface area (TPSA) is 40.6 Å². The number of hydrogen-bond donors (Lipinski definition) is 0. The van der Waals surface area contributed by atoms with Gasteiger partial charge >= 0.3 is 0 Å². The van der Waals surface area contributed by atoms with E-state index in [0.717, 1.165) is 12.1 Å². The van der Waals surface area contributed by atoms with E-state index in [0.29, 0.717) is 30.8 Å². The Balaban J connectivity index is 1.88. The van der Waals surface area contributed by atoms with Gasteiger partial charge in [0, 0.05) is 36.4 Å². The van der Waals surface area contributed by atoms with Crippen molar-refractivity contribution in [2.75, 3.05) is 22.9 Å². The molecule has 1 fully saturated rings. The number of hydrogen-bond acceptors (Lipinski definition) is 2. The van der Waals surface area contributed by atoms with Crippen LogP contribution in [0.15, 0.2) is 48.5 Å². The van der Waals surface area contributed by atoms with Gasteiger partial charge in [0.25, 0.3) is 5.91 Å². The van der Waals surface area contributed by atoms with Crippen molar-refractivity contribution in [2.24, 2.45) is 0 Å². The Morgan fingerprint density at radius 1 is 1.21 bits per heavy atom. The Hall–Kier alpha value is -2.69. The van der Waals surface area contributed by atoms with Gasteiger partial charge in [0.2, 0.25) is 5.91 Å². The smallest absolute Gasteiger partial charge is 0.258 e. The maximum Gasteiger partial charge on any atom is 0.258 e. The molecule has 0 aliphatic carbocycles. The Morgan fingerprint density at radius 2 is 1.96 bits per heavy atom. The lowest BCUT2D eigenvalue weighted by atomic mass is 10.1. The van der Waals surface area contributed by atoms with Crippen molar-refractivity contribution in [3.63, 3.8) is 0 Å². The van der Waals surface area contributed by atoms with Crippen molar-refractivity contribution in [3.8, 4) is 0 Å². The summed E-state index contributed by atoms with van der Waals surface area (Å²) >= 11 is 0. The number of anilines is 2. The van der Waals surface area contributed by atoms with Crippen LogP contribution in [0.2, 0.25) is 0 Å². The van der Waals surface area contributed by atoms with E-state index in [1.807, 2.05) is 13.0 Å². The van der Waals surface area contributed by atoms with Crippen molar-refractivity contribution in [1.82, 2.24) is 0 Å². The molecule has 0 N–H and O–H groups in total. The van der Waals surface area contributed by atoms with Gasteiger partial charge < -0.3 is 9.80 Å². The molecule has 124 valence electrons. The molecule has 0 spiro atoms. The molecule has 2 amide bonds. The lowest BCUT2D eigenvalue weighted by Crippen LogP contribution is -2.31. The van der Waals surface area contributed by atoms with E-state index in [2.05, 4.69) is 0 Å². The molecule has 5 heteroatoms. The Kier molecular flexibility index (Phi) is 4.60. The number of amides is 2. The zero-order chi connectivity index (χ0) is 17.1. The van der Waals surface area contributed by atoms with Crippen molar-refractivity contribution < 1.29 is 14.0 Å². The van der Waals surface area contributed by atoms with Gasteiger partial charge in [-0.25, -0.2) is 4.39 Å². The van der Waals surface area contributed by atoms with Gasteiger partial charge in [0.15, 0.2) is 0 Å². The summed E-state index contributed by atoms with van der Waals surface area (Å²) < 4.78 is 13.1. The molecule has 0 bridgehead atoms. The fourth-order valence-electron chi connectivity index (χ4n) is 2.95. The third kappa shape index (κ3) is 3.15. The monoisotopic (exact) mass is 326 g/mol. The number of nitrogens with zero attached hydrogens (tertiary/aromatic N) is 2. The second kappa shape index (κ2) is 6.83. The third-order valence-corrected chi connectivity index (χ3v) is 4.18. The molecule has 4 nitrogen and oxygen atoms in total. The van der Waals surface area contributed by atoms with Gasteiger partial charge in [-0.2, -0.15) is 0 Å². The molecule has 1 saturated heterocycles. The van der Waals surface area contributed by atoms with E-state index in [1.54, 1.807) is 40.1 Å². The van der Waals surface area contributed by atoms with Gasteiger partial charge in [-0.05, 0) is 55.8 Å². The Bertz CT molecular complexity index is 758. The van der Waals surface area contributed by atoms with Crippen molar-refractivity contribution >= 4 is 23.2 Å². The zero-order valence-electron chi connectivity index (χ0n) is 13.5. The van der Waals surface area contributed by atoms with Gasteiger partial charge in [-0.3, -0.25) is 9.59 Å². The van der Waals surface area contributed by atoms with Gasteiger partial charge in [-0.1, -0.05) is 6.07 Å². The molecule has 2 aromatic rings. The van der Waals surface area contributed by atoms with Crippen LogP contribution in [0.25, 0.3) is 0 Å². The summed E-state index contributed by atoms with van der Waals surface area (Å²) in [4.78, 5) is 28.0. The molecule has 1 heterocycles. The van der Waals surface area contributed by atoms with Crippen LogP contribution in [-0.4, -0.2) is 24.9 Å². The first-order chi connectivity index (χ1) is 11.6. The van der Waals surface area contributed by atoms with Crippen molar-refractivity contribution in [2.45, 2.75) is 19.8 Å². The molecule has 2 aromatic carbocycles. The lowest BCUT2D eigenvalue weighted by Gasteiger charge is -2.22. The molecule has 3 rings (SSSR count). The summed E-state index contributed by atoms with van der Waals surface area (Å²) in [7, 11) is 0. The maximum atomic E-state index is 13.1. The first-order valence-electron chi connectivity index (χ1n) is 8.08. The molecule has 0 unspecified atom stereocenters. The molecule has 0 atom stereocenters. The van der Waals surface area contributed by atoms with E-state index in [9.17, 15) is 14.0 Å². The second-order valence-electron chi connectivity index (χ2n) is 5.73. The second-order valence-corrected chi connectivity index (χ2v) is 5.73. The van der Waals surface area contributed by atoms with Gasteiger partial charge in [-0.15, -0.1) is 0 Å². The average Bonchev–Trinajstić information content (AvgIpc) is 3.03. The highest BCUT2D eigenvalue weighted by Crippen LogP contribution is 2.24. The molecule has 0 aromatic heterocycles. The molecule has 0 radical (unpaired) electrons. The minimum atomic E-state index is -0.336. The highest BCUT2D eigenvalue weighted by atomic mass is 19.1. The third-order valence-electron chi connectivity index (χ3n) is 4.18. The van der Waals surface area contributed by atoms with Gasteiger partial charge in [0.1, 0.15) is 5.82 Å². The van der Waals surface area contributed by atoms with Crippen LogP contribution >= 0.6 is 0 Å². The minimum Gasteiger partial charge on any atom is -0.312 e. The van der Waals surface area contributed by atoms with Crippen LogP contribution in [0.3, 0.4) is 0 Å². The van der Waals surface area contributed by atoms with Crippen LogP contribution in [0, 0.1) is 5.82 Å². The predicted octanol–water partition coefficient (Wildman–Crippen LogP) is 3.62. The standard InChI is InChI=1S/C19H19FN2O2/c1-2-21(16-10-8-15(20)9-11-16)19(24)14-5-3-6-17(13-14)22-12-4-7-18(22)23/h3,5-6,8-11,13H,2,4,7,12H2,1H3. The number of benzene rings is 2. The van der Waals surface area contributed by atoms with E-state index in [-0.39, 0.29) is 17.6 Å². The largest absolute Gasteiger partial charge is 0.312 e. The predicted molar refractivity (Wildman–Crippen MR) is 91.8 cm³/mol. The minimum absolute atomic E-state index is 0.0884. The lowest BCUT2D eigenvalue weighted by molar-refractivity contribution is -0.117. The highest BCUT2D eigenvalue weighted by Gasteiger charge is 2.23. The quantitative estimate of drug-likeness (QED) is 0.861. The fraction of sp³-hybridized carbons (Fsp3) is 0.263. The number of rotatable bonds is 4. The number of halogens is 1. The first kappa shape index (κ1) is 16.2. The summed E-state index contributed by atoms with van der Waals surface area (Å²) in [6.45, 7) is 3.03. The number of carbonyl (C=O) groups excluding carboxylic acids is 2. The molecular weight excluding hydrogens is 307 g/mol. The Labute approximate surface area is 140 Å². The fourth-order valence-corrected chi connectivity index (χ4v) is 2.95. The van der Waals surface area contributed by atoms with E-state index < -0.39 is 0 Å². The van der Waals surface area contributed by atoms with Crippen LogP contribution in [-0.2, 0) is 4.79 Å². The van der Waals surface area contributed by atoms with E-state index in [1.165, 1.54) is 12.1 Å². The van der Waals surface area contributed by atoms with Crippen molar-refractivity contribution in [3.05, 3.63) is 59.9 Å². The van der Waals surface area contributed by atoms with Crippen LogP contribution in [0.5, 0.6) is 0 Å². The molecule has 1 aliphatic heterocycles. The number of carbonyl (C=O) groups is 2. The van der Waals surface area contributed by atoms with Crippen LogP contribution in [0.1, 0.15) is 30.1 Å². The SMILES string of the molecule is CCN(C(=O)c1cccc(N2CCCC2=O)c1)c1ccc(F)cc1. The zero-order valence-corrected chi connectivity index (χ0v) is 13.5. The molecule has 24 heavy (non-hydrogen) atoms. The van der Waals surface area contributed by atoms with E-state index in [4.69, 9.17) is 0 Å². The van der Waals surface area contributed by atoms with Crippen LogP contribution < -0.4 is 9.80 Å². The van der Waals surface area contributed by atoms with Gasteiger partial charge in [0.05, 0.1) is 0 Å². The maximum absolute atomic E-state index is 13.1. The average molecular weight is 326 g/mol. The van der Waals surface area contributed by atoms with E-state index >= 15 is 0 Å². The summed E-state index contributed by atoms with van der Waals surface area (Å²) in [5.74, 6) is -0.417. The summed E-state index contributed by atoms with van der Waals surface area (Å²) in [6.07, 6.45) is 1.39. The van der Waals surface area contributed by atoms with Crippen LogP contribution in [0.4, 0.5) is 15.8 Å². The summed E-state index contributed by atoms with van der Waals surface area (Å²) in [5, 5.41) is 0. The summed E-state index contributed by atoms with van der Waals surface area (Å²) in [5.41, 5.74) is 1.91. The normalized spacial score (nSPS) is 14.1. The first-order valence-corrected chi connectivity index (χ1v) is 8.08. The molecular formula is C19H19FN2O2. The molecule has 0 saturated carbocycles. The molecule has 1 aliphatic rings.